The van der Waals surface area contributed by atoms with Gasteiger partial charge in [-0.05, 0) is 18.6 Å². The maximum absolute atomic E-state index is 12.8. The number of piperazine rings is 1. The molecule has 1 aromatic carbocycles. The van der Waals surface area contributed by atoms with Crippen molar-refractivity contribution in [1.29, 1.82) is 0 Å². The number of aryl methyl sites for hydroxylation is 1. The number of aromatic nitrogens is 2. The number of esters is 1. The molecule has 1 saturated heterocycles. The van der Waals surface area contributed by atoms with Gasteiger partial charge < -0.3 is 9.64 Å². The standard InChI is InChI=1S/C19H23ClN4O3/c1-13-15(12-21-22(13)2)18(25)24-10-8-23(9-11-24)17(19(26)27-3)14-6-4-5-7-16(14)20/h4-7,12,17H,8-11H2,1-3H3/t17-/m1/s1. The molecule has 1 amide bonds. The van der Waals surface area contributed by atoms with Crippen LogP contribution in [0.5, 0.6) is 0 Å². The largest absolute Gasteiger partial charge is 0.468 e. The van der Waals surface area contributed by atoms with Crippen LogP contribution in [0.25, 0.3) is 0 Å². The van der Waals surface area contributed by atoms with E-state index < -0.39 is 6.04 Å². The number of ether oxygens (including phenoxy) is 1. The number of benzene rings is 1. The van der Waals surface area contributed by atoms with Crippen molar-refractivity contribution < 1.29 is 14.3 Å². The van der Waals surface area contributed by atoms with Crippen LogP contribution in [0.15, 0.2) is 30.5 Å². The molecule has 0 saturated carbocycles. The summed E-state index contributed by atoms with van der Waals surface area (Å²) in [6.07, 6.45) is 1.60. The number of hydrogen-bond donors (Lipinski definition) is 0. The summed E-state index contributed by atoms with van der Waals surface area (Å²) < 4.78 is 6.69. The van der Waals surface area contributed by atoms with Crippen molar-refractivity contribution in [2.75, 3.05) is 33.3 Å². The smallest absolute Gasteiger partial charge is 0.327 e. The summed E-state index contributed by atoms with van der Waals surface area (Å²) >= 11 is 6.31. The molecule has 0 spiro atoms. The van der Waals surface area contributed by atoms with Crippen molar-refractivity contribution >= 4 is 23.5 Å². The fourth-order valence-corrected chi connectivity index (χ4v) is 3.58. The first-order valence-electron chi connectivity index (χ1n) is 8.78. The van der Waals surface area contributed by atoms with E-state index in [0.717, 1.165) is 5.69 Å². The van der Waals surface area contributed by atoms with E-state index in [0.29, 0.717) is 42.3 Å². The van der Waals surface area contributed by atoms with Crippen LogP contribution >= 0.6 is 11.6 Å². The Kier molecular flexibility index (Phi) is 5.82. The minimum atomic E-state index is -0.582. The Morgan fingerprint density at radius 1 is 1.19 bits per heavy atom. The van der Waals surface area contributed by atoms with Gasteiger partial charge in [0.25, 0.3) is 5.91 Å². The molecule has 1 atom stereocenters. The monoisotopic (exact) mass is 390 g/mol. The molecule has 1 fully saturated rings. The molecule has 1 aliphatic rings. The number of carbonyl (C=O) groups excluding carboxylic acids is 2. The van der Waals surface area contributed by atoms with Gasteiger partial charge in [0.1, 0.15) is 6.04 Å². The molecule has 0 bridgehead atoms. The first kappa shape index (κ1) is 19.4. The molecule has 144 valence electrons. The average Bonchev–Trinajstić information content (AvgIpc) is 3.02. The summed E-state index contributed by atoms with van der Waals surface area (Å²) in [5.74, 6) is -0.390. The van der Waals surface area contributed by atoms with Crippen LogP contribution in [0.4, 0.5) is 0 Å². The van der Waals surface area contributed by atoms with Crippen molar-refractivity contribution in [3.63, 3.8) is 0 Å². The maximum atomic E-state index is 12.8. The van der Waals surface area contributed by atoms with Gasteiger partial charge >= 0.3 is 5.97 Å². The average molecular weight is 391 g/mol. The number of halogens is 1. The zero-order valence-electron chi connectivity index (χ0n) is 15.7. The van der Waals surface area contributed by atoms with Gasteiger partial charge in [0.05, 0.1) is 18.9 Å². The minimum absolute atomic E-state index is 0.0346. The zero-order chi connectivity index (χ0) is 19.6. The first-order valence-corrected chi connectivity index (χ1v) is 9.16. The third-order valence-electron chi connectivity index (χ3n) is 5.06. The van der Waals surface area contributed by atoms with E-state index in [4.69, 9.17) is 16.3 Å². The van der Waals surface area contributed by atoms with E-state index in [9.17, 15) is 9.59 Å². The second kappa shape index (κ2) is 8.10. The summed E-state index contributed by atoms with van der Waals surface area (Å²) in [5.41, 5.74) is 2.17. The Bertz CT molecular complexity index is 843. The summed E-state index contributed by atoms with van der Waals surface area (Å²) in [5, 5.41) is 4.67. The molecule has 3 rings (SSSR count). The lowest BCUT2D eigenvalue weighted by molar-refractivity contribution is -0.148. The van der Waals surface area contributed by atoms with Crippen molar-refractivity contribution in [1.82, 2.24) is 19.6 Å². The molecular weight excluding hydrogens is 368 g/mol. The molecule has 0 aliphatic carbocycles. The summed E-state index contributed by atoms with van der Waals surface area (Å²) in [6, 6.07) is 6.69. The van der Waals surface area contributed by atoms with Gasteiger partial charge in [-0.25, -0.2) is 4.79 Å². The third-order valence-corrected chi connectivity index (χ3v) is 5.40. The van der Waals surface area contributed by atoms with Crippen molar-refractivity contribution in [2.24, 2.45) is 7.05 Å². The topological polar surface area (TPSA) is 67.7 Å². The number of carbonyl (C=O) groups is 2. The van der Waals surface area contributed by atoms with Crippen molar-refractivity contribution in [3.8, 4) is 0 Å². The third kappa shape index (κ3) is 3.84. The summed E-state index contributed by atoms with van der Waals surface area (Å²) in [4.78, 5) is 29.0. The molecule has 0 radical (unpaired) electrons. The predicted molar refractivity (Wildman–Crippen MR) is 102 cm³/mol. The summed E-state index contributed by atoms with van der Waals surface area (Å²) in [7, 11) is 3.19. The molecule has 2 aromatic rings. The molecule has 1 aromatic heterocycles. The van der Waals surface area contributed by atoms with Gasteiger partial charge in [-0.1, -0.05) is 29.8 Å². The van der Waals surface area contributed by atoms with Gasteiger partial charge in [0, 0.05) is 43.9 Å². The number of methoxy groups -OCH3 is 1. The second-order valence-corrected chi connectivity index (χ2v) is 6.95. The number of rotatable bonds is 4. The number of amides is 1. The fourth-order valence-electron chi connectivity index (χ4n) is 3.34. The quantitative estimate of drug-likeness (QED) is 0.747. The van der Waals surface area contributed by atoms with Crippen molar-refractivity contribution in [3.05, 3.63) is 52.3 Å². The van der Waals surface area contributed by atoms with E-state index >= 15 is 0 Å². The van der Waals surface area contributed by atoms with Crippen LogP contribution in [-0.2, 0) is 16.6 Å². The highest BCUT2D eigenvalue weighted by molar-refractivity contribution is 6.31. The van der Waals surface area contributed by atoms with Crippen LogP contribution in [-0.4, -0.2) is 64.7 Å². The van der Waals surface area contributed by atoms with Gasteiger partial charge in [-0.2, -0.15) is 5.10 Å². The van der Waals surface area contributed by atoms with Gasteiger partial charge in [-0.3, -0.25) is 14.4 Å². The van der Waals surface area contributed by atoms with E-state index in [1.165, 1.54) is 7.11 Å². The highest BCUT2D eigenvalue weighted by Gasteiger charge is 2.34. The fraction of sp³-hybridized carbons (Fsp3) is 0.421. The molecular formula is C19H23ClN4O3. The second-order valence-electron chi connectivity index (χ2n) is 6.54. The molecule has 2 heterocycles. The number of nitrogens with zero attached hydrogens (tertiary/aromatic N) is 4. The Morgan fingerprint density at radius 2 is 1.85 bits per heavy atom. The van der Waals surface area contributed by atoms with Crippen LogP contribution in [0.3, 0.4) is 0 Å². The number of hydrogen-bond acceptors (Lipinski definition) is 5. The molecule has 0 N–H and O–H groups in total. The molecule has 27 heavy (non-hydrogen) atoms. The van der Waals surface area contributed by atoms with Crippen molar-refractivity contribution in [2.45, 2.75) is 13.0 Å². The maximum Gasteiger partial charge on any atom is 0.327 e. The van der Waals surface area contributed by atoms with E-state index in [1.54, 1.807) is 21.8 Å². The van der Waals surface area contributed by atoms with Gasteiger partial charge in [0.15, 0.2) is 0 Å². The SMILES string of the molecule is COC(=O)[C@@H](c1ccccc1Cl)N1CCN(C(=O)c2cnn(C)c2C)CC1. The Morgan fingerprint density at radius 3 is 2.41 bits per heavy atom. The van der Waals surface area contributed by atoms with E-state index in [2.05, 4.69) is 5.10 Å². The van der Waals surface area contributed by atoms with Crippen LogP contribution in [0.1, 0.15) is 27.7 Å². The Hall–Kier alpha value is -2.38. The normalized spacial score (nSPS) is 16.2. The summed E-state index contributed by atoms with van der Waals surface area (Å²) in [6.45, 7) is 4.02. The van der Waals surface area contributed by atoms with Crippen LogP contribution in [0, 0.1) is 6.92 Å². The first-order chi connectivity index (χ1) is 12.9. The zero-order valence-corrected chi connectivity index (χ0v) is 16.4. The lowest BCUT2D eigenvalue weighted by Gasteiger charge is -2.38. The van der Waals surface area contributed by atoms with Crippen LogP contribution in [0.2, 0.25) is 5.02 Å². The highest BCUT2D eigenvalue weighted by atomic mass is 35.5. The molecule has 8 heteroatoms. The van der Waals surface area contributed by atoms with E-state index in [1.807, 2.05) is 37.1 Å². The Balaban J connectivity index is 1.74. The molecule has 1 aliphatic heterocycles. The predicted octanol–water partition coefficient (Wildman–Crippen LogP) is 2.05. The minimum Gasteiger partial charge on any atom is -0.468 e. The van der Waals surface area contributed by atoms with Gasteiger partial charge in [0.2, 0.25) is 0 Å². The van der Waals surface area contributed by atoms with Gasteiger partial charge in [-0.15, -0.1) is 0 Å². The Labute approximate surface area is 163 Å². The lowest BCUT2D eigenvalue weighted by Crippen LogP contribution is -2.51. The lowest BCUT2D eigenvalue weighted by atomic mass is 10.0. The van der Waals surface area contributed by atoms with Crippen LogP contribution < -0.4 is 0 Å². The van der Waals surface area contributed by atoms with E-state index in [-0.39, 0.29) is 11.9 Å². The molecule has 7 nitrogen and oxygen atoms in total. The highest BCUT2D eigenvalue weighted by Crippen LogP contribution is 2.29. The molecule has 0 unspecified atom stereocenters.